The molecule has 2 rings (SSSR count). The molecule has 1 fully saturated rings. The third kappa shape index (κ3) is 3.88. The summed E-state index contributed by atoms with van der Waals surface area (Å²) in [7, 11) is -3.38. The highest BCUT2D eigenvalue weighted by atomic mass is 32.2. The number of carbonyl (C=O) groups is 1. The molecule has 5 heteroatoms. The molecule has 2 atom stereocenters. The molecule has 1 aromatic carbocycles. The van der Waals surface area contributed by atoms with Gasteiger partial charge in [-0.1, -0.05) is 36.8 Å². The van der Waals surface area contributed by atoms with E-state index in [0.717, 1.165) is 24.7 Å². The number of hydrogen-bond acceptors (Lipinski definition) is 3. The van der Waals surface area contributed by atoms with Crippen LogP contribution in [0.3, 0.4) is 0 Å². The van der Waals surface area contributed by atoms with Crippen LogP contribution in [0.2, 0.25) is 0 Å². The lowest BCUT2D eigenvalue weighted by Crippen LogP contribution is -2.45. The highest BCUT2D eigenvalue weighted by Crippen LogP contribution is 2.31. The number of amides is 1. The van der Waals surface area contributed by atoms with Crippen molar-refractivity contribution in [3.05, 3.63) is 35.9 Å². The Morgan fingerprint density at radius 3 is 2.27 bits per heavy atom. The van der Waals surface area contributed by atoms with Crippen LogP contribution in [0.15, 0.2) is 30.3 Å². The van der Waals surface area contributed by atoms with Gasteiger partial charge in [0, 0.05) is 12.8 Å². The monoisotopic (exact) mass is 323 g/mol. The van der Waals surface area contributed by atoms with Crippen molar-refractivity contribution in [3.63, 3.8) is 0 Å². The summed E-state index contributed by atoms with van der Waals surface area (Å²) in [6.07, 6.45) is 4.58. The number of hydrogen-bond donors (Lipinski definition) is 0. The van der Waals surface area contributed by atoms with Gasteiger partial charge in [0.2, 0.25) is 5.91 Å². The summed E-state index contributed by atoms with van der Waals surface area (Å²) in [6, 6.07) is 9.68. The maximum atomic E-state index is 12.7. The normalized spacial score (nSPS) is 18.3. The third-order valence-corrected chi connectivity index (χ3v) is 6.19. The maximum Gasteiger partial charge on any atom is 0.241 e. The van der Waals surface area contributed by atoms with E-state index in [1.807, 2.05) is 37.3 Å². The largest absolute Gasteiger partial charge is 0.335 e. The molecule has 1 aliphatic rings. The second-order valence-electron chi connectivity index (χ2n) is 6.35. The predicted octanol–water partition coefficient (Wildman–Crippen LogP) is 2.81. The van der Waals surface area contributed by atoms with Crippen molar-refractivity contribution in [3.8, 4) is 0 Å². The first-order valence-electron chi connectivity index (χ1n) is 7.85. The SMILES string of the molecule is C[C@H](c1ccccc1)N(CC1CCC1)C(=O)[C@@H](C)S(C)(=O)=O. The van der Waals surface area contributed by atoms with Gasteiger partial charge in [-0.15, -0.1) is 0 Å². The average molecular weight is 323 g/mol. The standard InChI is InChI=1S/C17H25NO3S/c1-13(16-10-5-4-6-11-16)18(12-15-8-7-9-15)17(19)14(2)22(3,20)21/h4-6,10-11,13-15H,7-9,12H2,1-3H3/t13-,14-/m1/s1. The van der Waals surface area contributed by atoms with Crippen LogP contribution in [0.4, 0.5) is 0 Å². The third-order valence-electron chi connectivity index (χ3n) is 4.70. The molecule has 0 radical (unpaired) electrons. The summed E-state index contributed by atoms with van der Waals surface area (Å²) in [6.45, 7) is 4.11. The average Bonchev–Trinajstić information content (AvgIpc) is 2.44. The number of nitrogens with zero attached hydrogens (tertiary/aromatic N) is 1. The van der Waals surface area contributed by atoms with Crippen molar-refractivity contribution < 1.29 is 13.2 Å². The Labute approximate surface area is 133 Å². The lowest BCUT2D eigenvalue weighted by atomic mass is 9.84. The summed E-state index contributed by atoms with van der Waals surface area (Å²) in [4.78, 5) is 14.5. The molecule has 0 bridgehead atoms. The predicted molar refractivity (Wildman–Crippen MR) is 88.2 cm³/mol. The van der Waals surface area contributed by atoms with Crippen molar-refractivity contribution in [2.24, 2.45) is 5.92 Å². The van der Waals surface area contributed by atoms with Crippen LogP contribution in [0.5, 0.6) is 0 Å². The Balaban J connectivity index is 2.23. The van der Waals surface area contributed by atoms with Crippen LogP contribution in [0.25, 0.3) is 0 Å². The van der Waals surface area contributed by atoms with E-state index in [2.05, 4.69) is 0 Å². The molecular formula is C17H25NO3S. The van der Waals surface area contributed by atoms with E-state index in [0.29, 0.717) is 12.5 Å². The smallest absolute Gasteiger partial charge is 0.241 e. The van der Waals surface area contributed by atoms with E-state index in [-0.39, 0.29) is 11.9 Å². The molecule has 1 aromatic rings. The molecule has 1 amide bonds. The van der Waals surface area contributed by atoms with Gasteiger partial charge in [0.05, 0.1) is 6.04 Å². The van der Waals surface area contributed by atoms with Gasteiger partial charge >= 0.3 is 0 Å². The van der Waals surface area contributed by atoms with Crippen LogP contribution in [0.1, 0.15) is 44.7 Å². The highest BCUT2D eigenvalue weighted by Gasteiger charge is 2.33. The molecule has 1 aliphatic carbocycles. The fourth-order valence-electron chi connectivity index (χ4n) is 2.72. The van der Waals surface area contributed by atoms with Crippen LogP contribution in [-0.2, 0) is 14.6 Å². The first-order valence-corrected chi connectivity index (χ1v) is 9.80. The fraction of sp³-hybridized carbons (Fsp3) is 0.588. The zero-order valence-corrected chi connectivity index (χ0v) is 14.3. The zero-order valence-electron chi connectivity index (χ0n) is 13.5. The number of sulfone groups is 1. The molecule has 0 unspecified atom stereocenters. The van der Waals surface area contributed by atoms with Gasteiger partial charge in [0.1, 0.15) is 5.25 Å². The fourth-order valence-corrected chi connectivity index (χ4v) is 3.22. The van der Waals surface area contributed by atoms with E-state index in [9.17, 15) is 13.2 Å². The topological polar surface area (TPSA) is 54.5 Å². The van der Waals surface area contributed by atoms with Crippen LogP contribution in [0, 0.1) is 5.92 Å². The Morgan fingerprint density at radius 2 is 1.82 bits per heavy atom. The first-order chi connectivity index (χ1) is 10.3. The molecule has 0 N–H and O–H groups in total. The summed E-state index contributed by atoms with van der Waals surface area (Å²) in [5, 5.41) is -0.987. The minimum absolute atomic E-state index is 0.113. The number of rotatable bonds is 6. The summed E-state index contributed by atoms with van der Waals surface area (Å²) < 4.78 is 23.5. The molecule has 0 spiro atoms. The van der Waals surface area contributed by atoms with Crippen LogP contribution >= 0.6 is 0 Å². The molecule has 4 nitrogen and oxygen atoms in total. The van der Waals surface area contributed by atoms with Crippen molar-refractivity contribution in [1.82, 2.24) is 4.90 Å². The maximum absolute atomic E-state index is 12.7. The molecule has 22 heavy (non-hydrogen) atoms. The van der Waals surface area contributed by atoms with Crippen LogP contribution < -0.4 is 0 Å². The molecular weight excluding hydrogens is 298 g/mol. The van der Waals surface area contributed by atoms with Gasteiger partial charge in [0.25, 0.3) is 0 Å². The minimum atomic E-state index is -3.38. The van der Waals surface area contributed by atoms with Crippen molar-refractivity contribution >= 4 is 15.7 Å². The van der Waals surface area contributed by atoms with E-state index < -0.39 is 15.1 Å². The summed E-state index contributed by atoms with van der Waals surface area (Å²) >= 11 is 0. The van der Waals surface area contributed by atoms with E-state index in [1.165, 1.54) is 13.3 Å². The second-order valence-corrected chi connectivity index (χ2v) is 8.71. The Morgan fingerprint density at radius 1 is 1.23 bits per heavy atom. The summed E-state index contributed by atoms with van der Waals surface area (Å²) in [5.41, 5.74) is 1.04. The first kappa shape index (κ1) is 17.0. The van der Waals surface area contributed by atoms with Gasteiger partial charge in [0.15, 0.2) is 9.84 Å². The van der Waals surface area contributed by atoms with E-state index >= 15 is 0 Å². The quantitative estimate of drug-likeness (QED) is 0.809. The Hall–Kier alpha value is -1.36. The number of benzene rings is 1. The molecule has 0 aromatic heterocycles. The van der Waals surface area contributed by atoms with Crippen molar-refractivity contribution in [2.45, 2.75) is 44.4 Å². The Kier molecular flexibility index (Phi) is 5.27. The Bertz CT molecular complexity index is 608. The van der Waals surface area contributed by atoms with Gasteiger partial charge in [-0.3, -0.25) is 4.79 Å². The van der Waals surface area contributed by atoms with E-state index in [1.54, 1.807) is 4.90 Å². The molecule has 0 heterocycles. The molecule has 122 valence electrons. The van der Waals surface area contributed by atoms with Crippen molar-refractivity contribution in [1.29, 1.82) is 0 Å². The molecule has 1 saturated carbocycles. The van der Waals surface area contributed by atoms with Gasteiger partial charge in [-0.2, -0.15) is 0 Å². The highest BCUT2D eigenvalue weighted by molar-refractivity contribution is 7.92. The van der Waals surface area contributed by atoms with Crippen LogP contribution in [-0.4, -0.2) is 37.3 Å². The minimum Gasteiger partial charge on any atom is -0.335 e. The lowest BCUT2D eigenvalue weighted by molar-refractivity contribution is -0.133. The van der Waals surface area contributed by atoms with E-state index in [4.69, 9.17) is 0 Å². The van der Waals surface area contributed by atoms with Gasteiger partial charge in [-0.25, -0.2) is 8.42 Å². The second kappa shape index (κ2) is 6.82. The van der Waals surface area contributed by atoms with Crippen molar-refractivity contribution in [2.75, 3.05) is 12.8 Å². The van der Waals surface area contributed by atoms with Gasteiger partial charge in [-0.05, 0) is 38.2 Å². The van der Waals surface area contributed by atoms with Gasteiger partial charge < -0.3 is 4.90 Å². The number of carbonyl (C=O) groups excluding carboxylic acids is 1. The summed E-state index contributed by atoms with van der Waals surface area (Å²) in [5.74, 6) is 0.215. The lowest BCUT2D eigenvalue weighted by Gasteiger charge is -2.37. The zero-order chi connectivity index (χ0) is 16.3. The molecule has 0 aliphatic heterocycles. The molecule has 0 saturated heterocycles.